The number of methoxy groups -OCH3 is 1. The molecule has 1 aromatic heterocycles. The van der Waals surface area contributed by atoms with Gasteiger partial charge in [0.1, 0.15) is 5.82 Å². The van der Waals surface area contributed by atoms with Gasteiger partial charge in [-0.25, -0.2) is 4.98 Å². The smallest absolute Gasteiger partial charge is 0.253 e. The number of aromatic nitrogens is 1. The van der Waals surface area contributed by atoms with Gasteiger partial charge in [0.05, 0.1) is 12.2 Å². The Kier molecular flexibility index (Phi) is 7.20. The summed E-state index contributed by atoms with van der Waals surface area (Å²) in [6, 6.07) is 11.2. The van der Waals surface area contributed by atoms with E-state index >= 15 is 0 Å². The molecule has 31 heavy (non-hydrogen) atoms. The van der Waals surface area contributed by atoms with E-state index in [2.05, 4.69) is 33.4 Å². The number of carbonyl (C=O) groups excluding carboxylic acids is 1. The minimum atomic E-state index is -0.0929. The minimum Gasteiger partial charge on any atom is -0.383 e. The molecule has 1 aromatic carbocycles. The highest BCUT2D eigenvalue weighted by molar-refractivity contribution is 5.94. The zero-order valence-electron chi connectivity index (χ0n) is 18.8. The summed E-state index contributed by atoms with van der Waals surface area (Å²) in [6.07, 6.45) is 8.01. The SMILES string of the molecule is COCCN(C)c1ccc(C(=O)NCc2ccc3c(c2)CCN(C2CCC2)CC3)cn1. The summed E-state index contributed by atoms with van der Waals surface area (Å²) in [4.78, 5) is 21.7. The van der Waals surface area contributed by atoms with E-state index in [0.717, 1.165) is 43.4 Å². The van der Waals surface area contributed by atoms with Gasteiger partial charge in [-0.15, -0.1) is 0 Å². The molecule has 1 aliphatic heterocycles. The van der Waals surface area contributed by atoms with Gasteiger partial charge in [-0.05, 0) is 54.5 Å². The number of pyridine rings is 1. The molecule has 0 unspecified atom stereocenters. The van der Waals surface area contributed by atoms with Crippen molar-refractivity contribution in [1.29, 1.82) is 0 Å². The summed E-state index contributed by atoms with van der Waals surface area (Å²) in [5.74, 6) is 0.736. The number of amides is 1. The summed E-state index contributed by atoms with van der Waals surface area (Å²) in [5, 5.41) is 3.04. The third-order valence-corrected chi connectivity index (χ3v) is 6.68. The Morgan fingerprint density at radius 2 is 2.00 bits per heavy atom. The van der Waals surface area contributed by atoms with Crippen molar-refractivity contribution < 1.29 is 9.53 Å². The molecule has 2 aliphatic rings. The fourth-order valence-corrected chi connectivity index (χ4v) is 4.40. The van der Waals surface area contributed by atoms with Gasteiger partial charge in [-0.1, -0.05) is 24.6 Å². The number of nitrogens with one attached hydrogen (secondary N) is 1. The lowest BCUT2D eigenvalue weighted by Gasteiger charge is -2.36. The summed E-state index contributed by atoms with van der Waals surface area (Å²) in [6.45, 7) is 4.27. The Bertz CT molecular complexity index is 880. The average Bonchev–Trinajstić information content (AvgIpc) is 2.97. The van der Waals surface area contributed by atoms with Crippen LogP contribution in [0.25, 0.3) is 0 Å². The van der Waals surface area contributed by atoms with Gasteiger partial charge in [-0.2, -0.15) is 0 Å². The van der Waals surface area contributed by atoms with E-state index in [9.17, 15) is 4.79 Å². The van der Waals surface area contributed by atoms with Gasteiger partial charge < -0.3 is 15.0 Å². The van der Waals surface area contributed by atoms with Crippen LogP contribution in [0.3, 0.4) is 0 Å². The first-order valence-corrected chi connectivity index (χ1v) is 11.4. The van der Waals surface area contributed by atoms with E-state index < -0.39 is 0 Å². The van der Waals surface area contributed by atoms with Gasteiger partial charge in [0.2, 0.25) is 0 Å². The fourth-order valence-electron chi connectivity index (χ4n) is 4.40. The van der Waals surface area contributed by atoms with Crippen LogP contribution in [0, 0.1) is 0 Å². The third kappa shape index (κ3) is 5.43. The molecule has 0 radical (unpaired) electrons. The first-order valence-electron chi connectivity index (χ1n) is 11.4. The Morgan fingerprint density at radius 3 is 2.68 bits per heavy atom. The number of hydrogen-bond acceptors (Lipinski definition) is 5. The van der Waals surface area contributed by atoms with Gasteiger partial charge >= 0.3 is 0 Å². The zero-order valence-corrected chi connectivity index (χ0v) is 18.8. The van der Waals surface area contributed by atoms with E-state index in [1.165, 1.54) is 36.9 Å². The van der Waals surface area contributed by atoms with Crippen molar-refractivity contribution in [2.24, 2.45) is 0 Å². The zero-order chi connectivity index (χ0) is 21.6. The summed E-state index contributed by atoms with van der Waals surface area (Å²) in [7, 11) is 3.65. The number of nitrogens with zero attached hydrogens (tertiary/aromatic N) is 3. The molecule has 0 saturated heterocycles. The molecule has 166 valence electrons. The molecule has 1 fully saturated rings. The number of ether oxygens (including phenoxy) is 1. The predicted octanol–water partition coefficient (Wildman–Crippen LogP) is 3.05. The summed E-state index contributed by atoms with van der Waals surface area (Å²) >= 11 is 0. The highest BCUT2D eigenvalue weighted by Crippen LogP contribution is 2.27. The van der Waals surface area contributed by atoms with Crippen LogP contribution in [0.15, 0.2) is 36.5 Å². The van der Waals surface area contributed by atoms with Crippen molar-refractivity contribution in [3.05, 3.63) is 58.8 Å². The minimum absolute atomic E-state index is 0.0929. The molecule has 2 aromatic rings. The van der Waals surface area contributed by atoms with E-state index in [4.69, 9.17) is 4.74 Å². The van der Waals surface area contributed by atoms with Crippen LogP contribution >= 0.6 is 0 Å². The molecular formula is C25H34N4O2. The number of likely N-dealkylation sites (N-methyl/N-ethyl adjacent to an activating group) is 1. The Morgan fingerprint density at radius 1 is 1.19 bits per heavy atom. The van der Waals surface area contributed by atoms with Crippen molar-refractivity contribution in [3.8, 4) is 0 Å². The Balaban J connectivity index is 1.31. The second kappa shape index (κ2) is 10.2. The molecule has 0 spiro atoms. The molecule has 1 N–H and O–H groups in total. The van der Waals surface area contributed by atoms with E-state index in [1.807, 2.05) is 24.1 Å². The Labute approximate surface area is 185 Å². The second-order valence-electron chi connectivity index (χ2n) is 8.73. The molecule has 0 bridgehead atoms. The maximum absolute atomic E-state index is 12.6. The molecule has 6 nitrogen and oxygen atoms in total. The summed E-state index contributed by atoms with van der Waals surface area (Å²) in [5.41, 5.74) is 4.65. The lowest BCUT2D eigenvalue weighted by atomic mass is 9.91. The molecule has 4 rings (SSSR count). The van der Waals surface area contributed by atoms with Gasteiger partial charge in [0, 0.05) is 52.6 Å². The van der Waals surface area contributed by atoms with E-state index in [1.54, 1.807) is 13.3 Å². The van der Waals surface area contributed by atoms with Crippen LogP contribution < -0.4 is 10.2 Å². The maximum Gasteiger partial charge on any atom is 0.253 e. The number of anilines is 1. The molecule has 0 atom stereocenters. The molecule has 1 amide bonds. The van der Waals surface area contributed by atoms with Crippen molar-refractivity contribution in [2.45, 2.75) is 44.7 Å². The van der Waals surface area contributed by atoms with Crippen LogP contribution in [0.4, 0.5) is 5.82 Å². The van der Waals surface area contributed by atoms with Gasteiger partial charge in [0.15, 0.2) is 0 Å². The summed E-state index contributed by atoms with van der Waals surface area (Å²) < 4.78 is 5.10. The first kappa shape index (κ1) is 21.8. The van der Waals surface area contributed by atoms with Crippen LogP contribution in [0.1, 0.15) is 46.3 Å². The lowest BCUT2D eigenvalue weighted by Crippen LogP contribution is -2.41. The van der Waals surface area contributed by atoms with Crippen molar-refractivity contribution in [2.75, 3.05) is 45.3 Å². The molecule has 1 aliphatic carbocycles. The third-order valence-electron chi connectivity index (χ3n) is 6.68. The quantitative estimate of drug-likeness (QED) is 0.709. The van der Waals surface area contributed by atoms with Crippen LogP contribution in [0.5, 0.6) is 0 Å². The normalized spacial score (nSPS) is 16.8. The van der Waals surface area contributed by atoms with Gasteiger partial charge in [-0.3, -0.25) is 9.69 Å². The fraction of sp³-hybridized carbons (Fsp3) is 0.520. The van der Waals surface area contributed by atoms with Crippen LogP contribution in [-0.2, 0) is 24.1 Å². The number of carbonyl (C=O) groups is 1. The molecular weight excluding hydrogens is 388 g/mol. The monoisotopic (exact) mass is 422 g/mol. The predicted molar refractivity (Wildman–Crippen MR) is 124 cm³/mol. The topological polar surface area (TPSA) is 57.7 Å². The first-order chi connectivity index (χ1) is 15.1. The number of benzene rings is 1. The lowest BCUT2D eigenvalue weighted by molar-refractivity contribution is 0.0950. The molecule has 6 heteroatoms. The second-order valence-corrected chi connectivity index (χ2v) is 8.73. The highest BCUT2D eigenvalue weighted by Gasteiger charge is 2.26. The molecule has 2 heterocycles. The largest absolute Gasteiger partial charge is 0.383 e. The van der Waals surface area contributed by atoms with Crippen molar-refractivity contribution >= 4 is 11.7 Å². The van der Waals surface area contributed by atoms with Crippen molar-refractivity contribution in [3.63, 3.8) is 0 Å². The number of hydrogen-bond donors (Lipinski definition) is 1. The van der Waals surface area contributed by atoms with E-state index in [-0.39, 0.29) is 5.91 Å². The average molecular weight is 423 g/mol. The van der Waals surface area contributed by atoms with Crippen LogP contribution in [-0.4, -0.2) is 62.2 Å². The standard InChI is InChI=1S/C25H34N4O2/c1-28(14-15-31-2)24-9-8-22(18-26-24)25(30)27-17-19-6-7-20-10-12-29(23-4-3-5-23)13-11-21(20)16-19/h6-9,16,18,23H,3-5,10-15,17H2,1-2H3,(H,27,30). The van der Waals surface area contributed by atoms with Gasteiger partial charge in [0.25, 0.3) is 5.91 Å². The van der Waals surface area contributed by atoms with Crippen LogP contribution in [0.2, 0.25) is 0 Å². The number of fused-ring (bicyclic) bond motifs is 1. The maximum atomic E-state index is 12.6. The Hall–Kier alpha value is -2.44. The highest BCUT2D eigenvalue weighted by atomic mass is 16.5. The molecule has 1 saturated carbocycles. The number of rotatable bonds is 8. The van der Waals surface area contributed by atoms with Crippen molar-refractivity contribution in [1.82, 2.24) is 15.2 Å². The van der Waals surface area contributed by atoms with E-state index in [0.29, 0.717) is 18.7 Å².